The third-order valence-electron chi connectivity index (χ3n) is 5.77. The molecule has 0 atom stereocenters. The molecule has 3 N–H and O–H groups in total. The number of nitrogens with two attached hydrogens (primary N) is 1. The van der Waals surface area contributed by atoms with E-state index in [1.54, 1.807) is 23.7 Å². The molecule has 1 aliphatic heterocycles. The molecule has 194 valence electrons. The molecule has 2 aromatic rings. The van der Waals surface area contributed by atoms with Gasteiger partial charge in [-0.2, -0.15) is 0 Å². The molecule has 1 fully saturated rings. The first-order valence-electron chi connectivity index (χ1n) is 12.1. The van der Waals surface area contributed by atoms with Crippen LogP contribution in [-0.2, 0) is 0 Å². The third-order valence-corrected chi connectivity index (χ3v) is 7.61. The predicted octanol–water partition coefficient (Wildman–Crippen LogP) is 6.87. The van der Waals surface area contributed by atoms with E-state index in [9.17, 15) is 8.78 Å². The lowest BCUT2D eigenvalue weighted by molar-refractivity contribution is 0.0105. The Labute approximate surface area is 218 Å². The van der Waals surface area contributed by atoms with E-state index in [0.717, 1.165) is 51.7 Å². The molecule has 0 aliphatic carbocycles. The first-order chi connectivity index (χ1) is 16.8. The van der Waals surface area contributed by atoms with E-state index in [2.05, 4.69) is 82.6 Å². The lowest BCUT2D eigenvalue weighted by atomic mass is 10.0. The van der Waals surface area contributed by atoms with Gasteiger partial charge in [-0.1, -0.05) is 37.1 Å². The van der Waals surface area contributed by atoms with Gasteiger partial charge in [0.05, 0.1) is 5.69 Å². The monoisotopic (exact) mass is 522 g/mol. The van der Waals surface area contributed by atoms with Crippen LogP contribution < -0.4 is 20.3 Å². The Hall–Kier alpha value is -1.90. The van der Waals surface area contributed by atoms with E-state index < -0.39 is 5.92 Å². The van der Waals surface area contributed by atoms with E-state index in [0.29, 0.717) is 6.42 Å². The number of benzene rings is 2. The molecule has 0 radical (unpaired) electrons. The number of hydrogen-bond acceptors (Lipinski definition) is 6. The number of alkyl halides is 2. The average molecular weight is 523 g/mol. The van der Waals surface area contributed by atoms with Crippen LogP contribution in [0.5, 0.6) is 0 Å². The Morgan fingerprint density at radius 2 is 1.77 bits per heavy atom. The smallest absolute Gasteiger partial charge is 0.245 e. The minimum absolute atomic E-state index is 0.00774. The second kappa shape index (κ2) is 15.3. The van der Waals surface area contributed by atoms with Crippen LogP contribution in [0.2, 0.25) is 0 Å². The fraction of sp³-hybridized carbons (Fsp3) is 0.481. The highest BCUT2D eigenvalue weighted by Gasteiger charge is 2.19. The quantitative estimate of drug-likeness (QED) is 0.191. The highest BCUT2D eigenvalue weighted by atomic mass is 32.2. The SMILES string of the molecule is C=CN.CSN(C)c1ccc(N2CCNCC2)cc1-c1ccc(SCCCCCC(C)(F)F)cc1. The maximum Gasteiger partial charge on any atom is 0.245 e. The van der Waals surface area contributed by atoms with Gasteiger partial charge in [-0.15, -0.1) is 11.8 Å². The zero-order valence-corrected chi connectivity index (χ0v) is 22.9. The van der Waals surface area contributed by atoms with Gasteiger partial charge < -0.3 is 20.3 Å². The molecule has 8 heteroatoms. The molecule has 1 saturated heterocycles. The summed E-state index contributed by atoms with van der Waals surface area (Å²) in [5.74, 6) is -1.57. The van der Waals surface area contributed by atoms with Crippen LogP contribution in [0.25, 0.3) is 11.1 Å². The molecule has 3 rings (SSSR count). The van der Waals surface area contributed by atoms with Gasteiger partial charge in [0.2, 0.25) is 5.92 Å². The molecule has 1 heterocycles. The van der Waals surface area contributed by atoms with Crippen molar-refractivity contribution in [2.45, 2.75) is 43.4 Å². The minimum atomic E-state index is -2.53. The summed E-state index contributed by atoms with van der Waals surface area (Å²) in [7, 11) is 2.10. The number of rotatable bonds is 11. The van der Waals surface area contributed by atoms with E-state index >= 15 is 0 Å². The maximum absolute atomic E-state index is 12.9. The van der Waals surface area contributed by atoms with Crippen LogP contribution in [0.4, 0.5) is 20.2 Å². The summed E-state index contributed by atoms with van der Waals surface area (Å²) < 4.78 is 28.0. The lowest BCUT2D eigenvalue weighted by Crippen LogP contribution is -2.43. The minimum Gasteiger partial charge on any atom is -0.405 e. The summed E-state index contributed by atoms with van der Waals surface area (Å²) in [6, 6.07) is 15.5. The van der Waals surface area contributed by atoms with E-state index in [4.69, 9.17) is 0 Å². The summed E-state index contributed by atoms with van der Waals surface area (Å²) in [5, 5.41) is 3.42. The third kappa shape index (κ3) is 10.3. The molecule has 0 amide bonds. The number of halogens is 2. The maximum atomic E-state index is 12.9. The number of piperazine rings is 1. The normalized spacial score (nSPS) is 13.7. The van der Waals surface area contributed by atoms with Crippen molar-refractivity contribution in [2.24, 2.45) is 5.73 Å². The Morgan fingerprint density at radius 1 is 1.11 bits per heavy atom. The second-order valence-electron chi connectivity index (χ2n) is 8.61. The topological polar surface area (TPSA) is 44.5 Å². The lowest BCUT2D eigenvalue weighted by Gasteiger charge is -2.31. The number of unbranched alkanes of at least 4 members (excludes halogenated alkanes) is 2. The number of thioether (sulfide) groups is 1. The van der Waals surface area contributed by atoms with Crippen molar-refractivity contribution in [1.82, 2.24) is 5.32 Å². The van der Waals surface area contributed by atoms with Crippen LogP contribution >= 0.6 is 23.7 Å². The van der Waals surface area contributed by atoms with Gasteiger partial charge in [-0.3, -0.25) is 0 Å². The molecule has 0 unspecified atom stereocenters. The van der Waals surface area contributed by atoms with Gasteiger partial charge in [0, 0.05) is 62.0 Å². The molecular weight excluding hydrogens is 482 g/mol. The van der Waals surface area contributed by atoms with E-state index in [1.807, 2.05) is 0 Å². The van der Waals surface area contributed by atoms with Crippen molar-refractivity contribution in [3.05, 3.63) is 55.2 Å². The van der Waals surface area contributed by atoms with Crippen molar-refractivity contribution < 1.29 is 8.78 Å². The molecule has 1 aliphatic rings. The van der Waals surface area contributed by atoms with Gasteiger partial charge in [-0.25, -0.2) is 8.78 Å². The van der Waals surface area contributed by atoms with Gasteiger partial charge in [0.1, 0.15) is 0 Å². The Kier molecular flexibility index (Phi) is 12.8. The Balaban J connectivity index is 0.00000137. The molecule has 4 nitrogen and oxygen atoms in total. The van der Waals surface area contributed by atoms with Crippen molar-refractivity contribution in [3.8, 4) is 11.1 Å². The zero-order chi connectivity index (χ0) is 25.7. The van der Waals surface area contributed by atoms with Crippen LogP contribution in [0.15, 0.2) is 60.1 Å². The van der Waals surface area contributed by atoms with Crippen molar-refractivity contribution >= 4 is 35.1 Å². The predicted molar refractivity (Wildman–Crippen MR) is 153 cm³/mol. The summed E-state index contributed by atoms with van der Waals surface area (Å²) in [5.41, 5.74) is 9.56. The zero-order valence-electron chi connectivity index (χ0n) is 21.2. The largest absolute Gasteiger partial charge is 0.405 e. The molecule has 0 spiro atoms. The second-order valence-corrected chi connectivity index (χ2v) is 10.7. The fourth-order valence-corrected chi connectivity index (χ4v) is 5.15. The van der Waals surface area contributed by atoms with Crippen LogP contribution in [0.3, 0.4) is 0 Å². The number of nitrogens with one attached hydrogen (secondary N) is 1. The first kappa shape index (κ1) is 29.3. The Bertz CT molecular complexity index is 882. The number of nitrogens with zero attached hydrogens (tertiary/aromatic N) is 2. The van der Waals surface area contributed by atoms with Gasteiger partial charge >= 0.3 is 0 Å². The van der Waals surface area contributed by atoms with Crippen LogP contribution in [0, 0.1) is 0 Å². The number of anilines is 2. The van der Waals surface area contributed by atoms with Crippen molar-refractivity contribution in [3.63, 3.8) is 0 Å². The van der Waals surface area contributed by atoms with Crippen molar-refractivity contribution in [1.29, 1.82) is 0 Å². The standard InChI is InChI=1S/C25H35F2N3S2.C2H5N/c1-25(26,27)13-5-4-6-18-32-22-10-7-20(8-11-22)23-19-21(30-16-14-28-15-17-30)9-12-24(23)29(2)31-3;1-2-3/h7-12,19,28H,4-6,13-18H2,1-3H3;2H,1,3H2. The van der Waals surface area contributed by atoms with Gasteiger partial charge in [0.15, 0.2) is 0 Å². The molecule has 2 aromatic carbocycles. The van der Waals surface area contributed by atoms with Crippen LogP contribution in [0.1, 0.15) is 32.6 Å². The van der Waals surface area contributed by atoms with Gasteiger partial charge in [0.25, 0.3) is 0 Å². The fourth-order valence-electron chi connectivity index (χ4n) is 3.88. The molecule has 0 saturated carbocycles. The number of hydrogen-bond donors (Lipinski definition) is 2. The summed E-state index contributed by atoms with van der Waals surface area (Å²) in [4.78, 5) is 3.68. The van der Waals surface area contributed by atoms with Crippen molar-refractivity contribution in [2.75, 3.05) is 54.4 Å². The Morgan fingerprint density at radius 3 is 2.37 bits per heavy atom. The molecule has 0 bridgehead atoms. The molecule has 0 aromatic heterocycles. The van der Waals surface area contributed by atoms with E-state index in [-0.39, 0.29) is 6.42 Å². The highest BCUT2D eigenvalue weighted by molar-refractivity contribution is 8.00. The summed E-state index contributed by atoms with van der Waals surface area (Å²) in [6.45, 7) is 8.25. The molecular formula is C27H40F2N4S2. The van der Waals surface area contributed by atoms with E-state index in [1.165, 1.54) is 33.6 Å². The highest BCUT2D eigenvalue weighted by Crippen LogP contribution is 2.37. The first-order valence-corrected chi connectivity index (χ1v) is 14.3. The van der Waals surface area contributed by atoms with Gasteiger partial charge in [-0.05, 0) is 67.6 Å². The summed E-state index contributed by atoms with van der Waals surface area (Å²) >= 11 is 3.51. The molecule has 35 heavy (non-hydrogen) atoms. The average Bonchev–Trinajstić information content (AvgIpc) is 2.86. The summed E-state index contributed by atoms with van der Waals surface area (Å²) in [6.07, 6.45) is 5.76. The van der Waals surface area contributed by atoms with Crippen LogP contribution in [-0.4, -0.2) is 51.2 Å².